The lowest BCUT2D eigenvalue weighted by atomic mass is 10.0. The number of hydrogen-bond acceptors (Lipinski definition) is 4. The quantitative estimate of drug-likeness (QED) is 0.320. The molecule has 6 nitrogen and oxygen atoms in total. The molecule has 3 rings (SSSR count). The number of aliphatic carboxylic acids is 1. The number of halogens is 2. The summed E-state index contributed by atoms with van der Waals surface area (Å²) in [5.74, 6) is -0.256. The van der Waals surface area contributed by atoms with Crippen LogP contribution >= 0.6 is 31.9 Å². The van der Waals surface area contributed by atoms with Crippen LogP contribution in [0.3, 0.4) is 0 Å². The number of carbonyl (C=O) groups excluding carboxylic acids is 1. The van der Waals surface area contributed by atoms with E-state index in [-0.39, 0.29) is 11.7 Å². The summed E-state index contributed by atoms with van der Waals surface area (Å²) < 4.78 is 7.09. The van der Waals surface area contributed by atoms with Crippen molar-refractivity contribution in [2.45, 2.75) is 26.7 Å². The molecule has 0 saturated carbocycles. The lowest BCUT2D eigenvalue weighted by Crippen LogP contribution is -2.35. The highest BCUT2D eigenvalue weighted by Gasteiger charge is 2.23. The van der Waals surface area contributed by atoms with Crippen LogP contribution in [-0.2, 0) is 4.79 Å². The van der Waals surface area contributed by atoms with Crippen molar-refractivity contribution in [2.24, 2.45) is 0 Å². The fourth-order valence-electron chi connectivity index (χ4n) is 3.33. The van der Waals surface area contributed by atoms with Gasteiger partial charge in [-0.2, -0.15) is 0 Å². The highest BCUT2D eigenvalue weighted by molar-refractivity contribution is 9.11. The fourth-order valence-corrected chi connectivity index (χ4v) is 4.65. The second-order valence-corrected chi connectivity index (χ2v) is 9.58. The van der Waals surface area contributed by atoms with Crippen molar-refractivity contribution in [3.63, 3.8) is 0 Å². The molecule has 0 aliphatic carbocycles. The number of aromatic hydroxyl groups is 1. The van der Waals surface area contributed by atoms with Gasteiger partial charge in [0.1, 0.15) is 18.0 Å². The average molecular weight is 577 g/mol. The maximum absolute atomic E-state index is 13.1. The topological polar surface area (TPSA) is 87.1 Å². The van der Waals surface area contributed by atoms with Gasteiger partial charge in [0, 0.05) is 16.8 Å². The first-order valence-electron chi connectivity index (χ1n) is 10.2. The molecule has 8 heteroatoms. The van der Waals surface area contributed by atoms with Crippen LogP contribution in [0, 0.1) is 6.92 Å². The predicted octanol–water partition coefficient (Wildman–Crippen LogP) is 6.87. The minimum absolute atomic E-state index is 0.111. The smallest absolute Gasteiger partial charge is 0.323 e. The van der Waals surface area contributed by atoms with Crippen LogP contribution in [0.4, 0.5) is 5.69 Å². The van der Waals surface area contributed by atoms with Crippen LogP contribution in [0.1, 0.15) is 41.3 Å². The van der Waals surface area contributed by atoms with Gasteiger partial charge in [0.25, 0.3) is 5.91 Å². The van der Waals surface area contributed by atoms with E-state index in [0.29, 0.717) is 31.7 Å². The number of carbonyl (C=O) groups is 2. The van der Waals surface area contributed by atoms with Gasteiger partial charge in [0.05, 0.1) is 8.95 Å². The van der Waals surface area contributed by atoms with Crippen LogP contribution in [0.25, 0.3) is 0 Å². The van der Waals surface area contributed by atoms with E-state index in [9.17, 15) is 19.8 Å². The van der Waals surface area contributed by atoms with Crippen molar-refractivity contribution >= 4 is 49.4 Å². The molecule has 0 fully saturated rings. The Labute approximate surface area is 209 Å². The second kappa shape index (κ2) is 10.4. The second-order valence-electron chi connectivity index (χ2n) is 7.87. The Morgan fingerprint density at radius 2 is 1.70 bits per heavy atom. The van der Waals surface area contributed by atoms with Crippen LogP contribution in [0.15, 0.2) is 63.5 Å². The summed E-state index contributed by atoms with van der Waals surface area (Å²) in [6.07, 6.45) is 0. The molecule has 0 atom stereocenters. The average Bonchev–Trinajstić information content (AvgIpc) is 2.74. The first-order chi connectivity index (χ1) is 15.6. The highest BCUT2D eigenvalue weighted by atomic mass is 79.9. The van der Waals surface area contributed by atoms with Gasteiger partial charge in [-0.1, -0.05) is 31.5 Å². The molecular formula is C25H23Br2NO5. The molecule has 0 heterocycles. The molecule has 0 saturated heterocycles. The van der Waals surface area contributed by atoms with E-state index in [1.165, 1.54) is 4.90 Å². The summed E-state index contributed by atoms with van der Waals surface area (Å²) in [4.78, 5) is 25.9. The largest absolute Gasteiger partial charge is 0.508 e. The number of phenols is 1. The Hall–Kier alpha value is -2.84. The highest BCUT2D eigenvalue weighted by Crippen LogP contribution is 2.41. The summed E-state index contributed by atoms with van der Waals surface area (Å²) in [6.45, 7) is 5.32. The molecule has 0 bridgehead atoms. The standard InChI is InChI=1S/C25H23Br2NO5/c1-14(2)19-12-18(7-8-22(19)29)33-24-20(26)10-17(11-21(24)27)28(13-23(30)31)25(32)16-6-4-5-15(3)9-16/h4-12,14,29H,13H2,1-3H3,(H,30,31). The van der Waals surface area contributed by atoms with Crippen molar-refractivity contribution in [1.82, 2.24) is 0 Å². The third-order valence-corrected chi connectivity index (χ3v) is 6.12. The van der Waals surface area contributed by atoms with Crippen molar-refractivity contribution < 1.29 is 24.5 Å². The number of ether oxygens (including phenoxy) is 1. The maximum Gasteiger partial charge on any atom is 0.323 e. The maximum atomic E-state index is 13.1. The molecule has 1 amide bonds. The number of phenolic OH excluding ortho intramolecular Hbond substituents is 1. The first kappa shape index (κ1) is 24.8. The zero-order valence-electron chi connectivity index (χ0n) is 18.3. The van der Waals surface area contributed by atoms with Gasteiger partial charge in [-0.25, -0.2) is 0 Å². The molecule has 0 aromatic heterocycles. The summed E-state index contributed by atoms with van der Waals surface area (Å²) >= 11 is 6.96. The molecule has 3 aromatic carbocycles. The Bertz CT molecular complexity index is 1190. The van der Waals surface area contributed by atoms with Gasteiger partial charge in [0.2, 0.25) is 0 Å². The number of amides is 1. The SMILES string of the molecule is Cc1cccc(C(=O)N(CC(=O)O)c2cc(Br)c(Oc3ccc(O)c(C(C)C)c3)c(Br)c2)c1. The fraction of sp³-hybridized carbons (Fsp3) is 0.200. The van der Waals surface area contributed by atoms with Crippen molar-refractivity contribution in [2.75, 3.05) is 11.4 Å². The zero-order chi connectivity index (χ0) is 24.3. The number of nitrogens with zero attached hydrogens (tertiary/aromatic N) is 1. The van der Waals surface area contributed by atoms with Crippen molar-refractivity contribution in [1.29, 1.82) is 0 Å². The Kier molecular flexibility index (Phi) is 7.81. The third-order valence-electron chi connectivity index (χ3n) is 4.94. The van der Waals surface area contributed by atoms with Crippen LogP contribution in [0.2, 0.25) is 0 Å². The van der Waals surface area contributed by atoms with E-state index in [0.717, 1.165) is 11.1 Å². The number of carboxylic acids is 1. The molecule has 172 valence electrons. The Morgan fingerprint density at radius 3 is 2.27 bits per heavy atom. The van der Waals surface area contributed by atoms with E-state index in [4.69, 9.17) is 4.74 Å². The van der Waals surface area contributed by atoms with Gasteiger partial charge >= 0.3 is 5.97 Å². The van der Waals surface area contributed by atoms with E-state index >= 15 is 0 Å². The van der Waals surface area contributed by atoms with Crippen LogP contribution < -0.4 is 9.64 Å². The summed E-state index contributed by atoms with van der Waals surface area (Å²) in [5, 5.41) is 19.5. The van der Waals surface area contributed by atoms with Crippen LogP contribution in [0.5, 0.6) is 17.2 Å². The number of aryl methyl sites for hydroxylation is 1. The summed E-state index contributed by atoms with van der Waals surface area (Å²) in [5.41, 5.74) is 2.45. The Balaban J connectivity index is 1.97. The number of hydrogen-bond donors (Lipinski definition) is 2. The number of rotatable bonds is 7. The van der Waals surface area contributed by atoms with Gasteiger partial charge in [-0.15, -0.1) is 0 Å². The number of benzene rings is 3. The molecule has 0 aliphatic heterocycles. The zero-order valence-corrected chi connectivity index (χ0v) is 21.5. The van der Waals surface area contributed by atoms with E-state index in [1.807, 2.05) is 26.8 Å². The van der Waals surface area contributed by atoms with Gasteiger partial charge in [-0.05, 0) is 87.2 Å². The van der Waals surface area contributed by atoms with E-state index in [2.05, 4.69) is 31.9 Å². The Morgan fingerprint density at radius 1 is 1.03 bits per heavy atom. The lowest BCUT2D eigenvalue weighted by Gasteiger charge is -2.23. The monoisotopic (exact) mass is 575 g/mol. The molecule has 0 spiro atoms. The molecule has 3 aromatic rings. The molecular weight excluding hydrogens is 554 g/mol. The predicted molar refractivity (Wildman–Crippen MR) is 135 cm³/mol. The molecule has 0 aliphatic rings. The minimum Gasteiger partial charge on any atom is -0.508 e. The third kappa shape index (κ3) is 5.94. The van der Waals surface area contributed by atoms with E-state index in [1.54, 1.807) is 48.5 Å². The van der Waals surface area contributed by atoms with Gasteiger partial charge < -0.3 is 14.9 Å². The first-order valence-corrected chi connectivity index (χ1v) is 11.8. The molecule has 0 unspecified atom stereocenters. The number of anilines is 1. The summed E-state index contributed by atoms with van der Waals surface area (Å²) in [6, 6.07) is 15.3. The molecule has 33 heavy (non-hydrogen) atoms. The normalized spacial score (nSPS) is 10.8. The van der Waals surface area contributed by atoms with Crippen molar-refractivity contribution in [3.8, 4) is 17.2 Å². The van der Waals surface area contributed by atoms with Crippen LogP contribution in [-0.4, -0.2) is 28.6 Å². The number of carboxylic acid groups (broad SMARTS) is 1. The lowest BCUT2D eigenvalue weighted by molar-refractivity contribution is -0.135. The minimum atomic E-state index is -1.13. The summed E-state index contributed by atoms with van der Waals surface area (Å²) in [7, 11) is 0. The molecule has 2 N–H and O–H groups in total. The van der Waals surface area contributed by atoms with E-state index < -0.39 is 18.4 Å². The van der Waals surface area contributed by atoms with Gasteiger partial charge in [-0.3, -0.25) is 14.5 Å². The van der Waals surface area contributed by atoms with Crippen molar-refractivity contribution in [3.05, 3.63) is 80.2 Å². The molecule has 0 radical (unpaired) electrons. The van der Waals surface area contributed by atoms with Gasteiger partial charge in [0.15, 0.2) is 5.75 Å².